The third-order valence-electron chi connectivity index (χ3n) is 8.90. The number of hydrogen-bond donors (Lipinski definition) is 0. The van der Waals surface area contributed by atoms with Gasteiger partial charge in [0.2, 0.25) is 0 Å². The van der Waals surface area contributed by atoms with E-state index in [2.05, 4.69) is 38.5 Å². The Morgan fingerprint density at radius 1 is 0.750 bits per heavy atom. The quantitative estimate of drug-likeness (QED) is 0.131. The molecule has 3 aliphatic heterocycles. The fourth-order valence-corrected chi connectivity index (χ4v) is 7.55. The summed E-state index contributed by atoms with van der Waals surface area (Å²) in [5, 5.41) is 0. The van der Waals surface area contributed by atoms with Crippen LogP contribution in [0.5, 0.6) is 0 Å². The summed E-state index contributed by atoms with van der Waals surface area (Å²) < 4.78 is 14.4. The highest BCUT2D eigenvalue weighted by Gasteiger charge is 2.48. The Kier molecular flexibility index (Phi) is 9.78. The molecule has 0 spiro atoms. The molecule has 7 atom stereocenters. The lowest BCUT2D eigenvalue weighted by atomic mass is 9.64. The zero-order valence-corrected chi connectivity index (χ0v) is 24.9. The van der Waals surface area contributed by atoms with E-state index in [4.69, 9.17) is 9.47 Å². The minimum Gasteiger partial charge on any atom is -0.393 e. The van der Waals surface area contributed by atoms with Gasteiger partial charge in [0.15, 0.2) is 0 Å². The number of hydrogen-bond acceptors (Lipinski definition) is 9. The van der Waals surface area contributed by atoms with Gasteiger partial charge in [0.1, 0.15) is 0 Å². The normalized spacial score (nSPS) is 27.8. The molecule has 0 radical (unpaired) electrons. The van der Waals surface area contributed by atoms with Crippen LogP contribution in [0, 0.1) is 46.3 Å². The maximum absolute atomic E-state index is 12.7. The van der Waals surface area contributed by atoms with Gasteiger partial charge in [-0.15, -0.1) is 0 Å². The maximum Gasteiger partial charge on any atom is 0.317 e. The van der Waals surface area contributed by atoms with Gasteiger partial charge < -0.3 is 14.2 Å². The van der Waals surface area contributed by atoms with Crippen molar-refractivity contribution < 1.29 is 43.0 Å². The molecule has 0 aromatic rings. The lowest BCUT2D eigenvalue weighted by Crippen LogP contribution is -2.35. The van der Waals surface area contributed by atoms with Crippen LogP contribution in [0.25, 0.3) is 0 Å². The van der Waals surface area contributed by atoms with Gasteiger partial charge in [-0.1, -0.05) is 53.2 Å². The summed E-state index contributed by atoms with van der Waals surface area (Å²) >= 11 is 0. The highest BCUT2D eigenvalue weighted by molar-refractivity contribution is 5.96. The lowest BCUT2D eigenvalue weighted by Gasteiger charge is -2.38. The topological polar surface area (TPSA) is 130 Å². The average molecular weight is 561 g/mol. The van der Waals surface area contributed by atoms with Crippen molar-refractivity contribution in [1.29, 1.82) is 0 Å². The van der Waals surface area contributed by atoms with Gasteiger partial charge in [-0.2, -0.15) is 0 Å². The first-order chi connectivity index (χ1) is 18.5. The number of rotatable bonds is 13. The summed E-state index contributed by atoms with van der Waals surface area (Å²) in [7, 11) is 0. The molecule has 222 valence electrons. The van der Waals surface area contributed by atoms with Crippen LogP contribution in [-0.2, 0) is 43.0 Å². The van der Waals surface area contributed by atoms with E-state index in [0.717, 1.165) is 18.4 Å². The van der Waals surface area contributed by atoms with Crippen molar-refractivity contribution in [1.82, 2.24) is 0 Å². The Labute approximate surface area is 236 Å². The molecular weight excluding hydrogens is 516 g/mol. The van der Waals surface area contributed by atoms with Gasteiger partial charge in [-0.3, -0.25) is 28.8 Å². The molecule has 0 bridgehead atoms. The number of carbonyl (C=O) groups is 6. The summed E-state index contributed by atoms with van der Waals surface area (Å²) in [6, 6.07) is 0. The van der Waals surface area contributed by atoms with Crippen molar-refractivity contribution in [2.24, 2.45) is 46.3 Å². The second kappa shape index (κ2) is 12.4. The molecule has 0 saturated carbocycles. The second-order valence-corrected chi connectivity index (χ2v) is 13.7. The van der Waals surface area contributed by atoms with Crippen LogP contribution in [0.1, 0.15) is 99.8 Å². The van der Waals surface area contributed by atoms with Gasteiger partial charge in [0.25, 0.3) is 0 Å². The zero-order chi connectivity index (χ0) is 30.0. The standard InChI is InChI=1S/C31H44O9/c1-17(10-21-11-24(32)38-27(21)35)8-19(3)15-31(7,23-13-26(34)40-29(23)37)16-20(4)9-18(2)14-30(5,6)22-12-25(33)39-28(22)36/h8,18-23H,9-16H2,1-7H3. The Hall–Kier alpha value is -2.84. The molecule has 3 aliphatic rings. The van der Waals surface area contributed by atoms with E-state index in [-0.39, 0.29) is 42.4 Å². The minimum absolute atomic E-state index is 0.0519. The first-order valence-corrected chi connectivity index (χ1v) is 14.4. The molecule has 0 aromatic carbocycles. The Morgan fingerprint density at radius 2 is 1.25 bits per heavy atom. The predicted octanol–water partition coefficient (Wildman–Crippen LogP) is 5.09. The van der Waals surface area contributed by atoms with Gasteiger partial charge in [-0.25, -0.2) is 0 Å². The largest absolute Gasteiger partial charge is 0.393 e. The maximum atomic E-state index is 12.7. The van der Waals surface area contributed by atoms with Gasteiger partial charge in [0, 0.05) is 0 Å². The summed E-state index contributed by atoms with van der Waals surface area (Å²) in [6.07, 6.45) is 5.74. The Balaban J connectivity index is 1.67. The molecule has 0 aliphatic carbocycles. The number of carbonyl (C=O) groups excluding carboxylic acids is 6. The van der Waals surface area contributed by atoms with Crippen LogP contribution in [0.4, 0.5) is 0 Å². The van der Waals surface area contributed by atoms with E-state index < -0.39 is 59.0 Å². The predicted molar refractivity (Wildman–Crippen MR) is 144 cm³/mol. The molecule has 9 heteroatoms. The third kappa shape index (κ3) is 7.88. The first-order valence-electron chi connectivity index (χ1n) is 14.4. The van der Waals surface area contributed by atoms with Crippen molar-refractivity contribution >= 4 is 35.8 Å². The number of esters is 6. The number of cyclic esters (lactones) is 6. The minimum atomic E-state index is -0.535. The molecule has 0 amide bonds. The van der Waals surface area contributed by atoms with Crippen molar-refractivity contribution in [2.75, 3.05) is 0 Å². The van der Waals surface area contributed by atoms with Crippen molar-refractivity contribution in [3.8, 4) is 0 Å². The molecular formula is C31H44O9. The third-order valence-corrected chi connectivity index (χ3v) is 8.90. The van der Waals surface area contributed by atoms with Crippen LogP contribution in [0.2, 0.25) is 0 Å². The molecule has 3 saturated heterocycles. The van der Waals surface area contributed by atoms with E-state index in [1.54, 1.807) is 0 Å². The number of ether oxygens (including phenoxy) is 3. The summed E-state index contributed by atoms with van der Waals surface area (Å²) in [5.74, 6) is -3.76. The highest BCUT2D eigenvalue weighted by Crippen LogP contribution is 2.47. The van der Waals surface area contributed by atoms with E-state index in [0.29, 0.717) is 19.3 Å². The molecule has 40 heavy (non-hydrogen) atoms. The van der Waals surface area contributed by atoms with Crippen LogP contribution in [0.3, 0.4) is 0 Å². The molecule has 0 N–H and O–H groups in total. The Bertz CT molecular complexity index is 1090. The van der Waals surface area contributed by atoms with Crippen LogP contribution < -0.4 is 0 Å². The van der Waals surface area contributed by atoms with Crippen molar-refractivity contribution in [3.63, 3.8) is 0 Å². The molecule has 3 rings (SSSR count). The SMILES string of the molecule is CC(=CC(C)CC(C)(CC(C)CC(C)CC(C)(C)C1CC(=O)OC1=O)C1CC(=O)OC1=O)CC1CC(=O)OC1=O. The first kappa shape index (κ1) is 31.7. The zero-order valence-electron chi connectivity index (χ0n) is 24.9. The monoisotopic (exact) mass is 560 g/mol. The molecule has 3 heterocycles. The van der Waals surface area contributed by atoms with Crippen LogP contribution >= 0.6 is 0 Å². The summed E-state index contributed by atoms with van der Waals surface area (Å²) in [6.45, 7) is 14.3. The fourth-order valence-electron chi connectivity index (χ4n) is 7.55. The molecule has 3 fully saturated rings. The Morgan fingerprint density at radius 3 is 1.75 bits per heavy atom. The number of allylic oxidation sites excluding steroid dienone is 2. The van der Waals surface area contributed by atoms with E-state index >= 15 is 0 Å². The van der Waals surface area contributed by atoms with Crippen molar-refractivity contribution in [2.45, 2.75) is 99.8 Å². The molecule has 7 unspecified atom stereocenters. The lowest BCUT2D eigenvalue weighted by molar-refractivity contribution is -0.156. The van der Waals surface area contributed by atoms with E-state index in [9.17, 15) is 28.8 Å². The van der Waals surface area contributed by atoms with Gasteiger partial charge in [0.05, 0.1) is 37.0 Å². The van der Waals surface area contributed by atoms with Gasteiger partial charge >= 0.3 is 35.8 Å². The van der Waals surface area contributed by atoms with E-state index in [1.165, 1.54) is 0 Å². The summed E-state index contributed by atoms with van der Waals surface area (Å²) in [5.41, 5.74) is 0.0860. The van der Waals surface area contributed by atoms with Crippen LogP contribution in [0.15, 0.2) is 11.6 Å². The molecule has 9 nitrogen and oxygen atoms in total. The van der Waals surface area contributed by atoms with E-state index in [1.807, 2.05) is 20.8 Å². The summed E-state index contributed by atoms with van der Waals surface area (Å²) in [4.78, 5) is 71.9. The highest BCUT2D eigenvalue weighted by atomic mass is 16.6. The smallest absolute Gasteiger partial charge is 0.317 e. The molecule has 0 aromatic heterocycles. The van der Waals surface area contributed by atoms with Crippen LogP contribution in [-0.4, -0.2) is 35.8 Å². The van der Waals surface area contributed by atoms with Gasteiger partial charge in [-0.05, 0) is 67.6 Å². The fraction of sp³-hybridized carbons (Fsp3) is 0.742. The van der Waals surface area contributed by atoms with Crippen molar-refractivity contribution in [3.05, 3.63) is 11.6 Å². The second-order valence-electron chi connectivity index (χ2n) is 13.7. The average Bonchev–Trinajstić information content (AvgIpc) is 3.42.